The molecular formula is C8H19NSi. The van der Waals surface area contributed by atoms with Gasteiger partial charge in [0.15, 0.2) is 0 Å². The Morgan fingerprint density at radius 2 is 1.80 bits per heavy atom. The third-order valence-electron chi connectivity index (χ3n) is 1.79. The number of rotatable bonds is 4. The van der Waals surface area contributed by atoms with Gasteiger partial charge in [0, 0.05) is 22.5 Å². The topological polar surface area (TPSA) is 12.0 Å². The van der Waals surface area contributed by atoms with Crippen molar-refractivity contribution in [3.63, 3.8) is 0 Å². The third-order valence-corrected chi connectivity index (χ3v) is 3.10. The lowest BCUT2D eigenvalue weighted by molar-refractivity contribution is 0.793. The van der Waals surface area contributed by atoms with Crippen molar-refractivity contribution in [2.45, 2.75) is 33.6 Å². The molecule has 1 nitrogen and oxygen atoms in total. The first kappa shape index (κ1) is 9.76. The predicted octanol–water partition coefficient (Wildman–Crippen LogP) is 0.993. The van der Waals surface area contributed by atoms with Crippen LogP contribution >= 0.6 is 0 Å². The van der Waals surface area contributed by atoms with Crippen molar-refractivity contribution in [3.05, 3.63) is 10.9 Å². The molecule has 60 valence electrons. The number of nitrogens with one attached hydrogen (secondary N) is 1. The lowest BCUT2D eigenvalue weighted by Gasteiger charge is -2.09. The molecule has 0 aliphatic heterocycles. The van der Waals surface area contributed by atoms with Crippen LogP contribution in [-0.2, 0) is 0 Å². The van der Waals surface area contributed by atoms with Gasteiger partial charge in [-0.05, 0) is 19.8 Å². The molecule has 0 saturated heterocycles. The molecule has 0 amide bonds. The first-order valence-electron chi connectivity index (χ1n) is 4.18. The largest absolute Gasteiger partial charge is 0.389 e. The van der Waals surface area contributed by atoms with Gasteiger partial charge in [-0.1, -0.05) is 19.0 Å². The average Bonchev–Trinajstić information content (AvgIpc) is 1.99. The number of hydrogen-bond acceptors (Lipinski definition) is 1. The van der Waals surface area contributed by atoms with Gasteiger partial charge in [-0.15, -0.1) is 0 Å². The zero-order valence-corrected chi connectivity index (χ0v) is 9.62. The number of allylic oxidation sites excluding steroid dienone is 2. The van der Waals surface area contributed by atoms with Crippen molar-refractivity contribution in [2.75, 3.05) is 6.54 Å². The second-order valence-electron chi connectivity index (χ2n) is 2.50. The van der Waals surface area contributed by atoms with Gasteiger partial charge in [-0.3, -0.25) is 0 Å². The van der Waals surface area contributed by atoms with E-state index in [0.717, 1.165) is 6.54 Å². The molecule has 2 heteroatoms. The molecule has 0 aliphatic carbocycles. The van der Waals surface area contributed by atoms with Crippen LogP contribution in [0.3, 0.4) is 0 Å². The fraction of sp³-hybridized carbons (Fsp3) is 0.750. The fourth-order valence-electron chi connectivity index (χ4n) is 1.00. The standard InChI is InChI=1S/C8H19NSi/c1-4-7(9-6-3)8(10)5-2/h9H,4-6H2,1-3,10H3. The lowest BCUT2D eigenvalue weighted by Crippen LogP contribution is -2.13. The van der Waals surface area contributed by atoms with Crippen LogP contribution in [0.5, 0.6) is 0 Å². The molecular weight excluding hydrogens is 138 g/mol. The molecule has 0 aromatic rings. The molecule has 0 bridgehead atoms. The van der Waals surface area contributed by atoms with Crippen molar-refractivity contribution in [3.8, 4) is 0 Å². The summed E-state index contributed by atoms with van der Waals surface area (Å²) in [5.41, 5.74) is 1.48. The average molecular weight is 157 g/mol. The van der Waals surface area contributed by atoms with Gasteiger partial charge in [0.2, 0.25) is 0 Å². The van der Waals surface area contributed by atoms with Crippen LogP contribution in [0.4, 0.5) is 0 Å². The minimum Gasteiger partial charge on any atom is -0.389 e. The summed E-state index contributed by atoms with van der Waals surface area (Å²) in [6, 6.07) is 0. The summed E-state index contributed by atoms with van der Waals surface area (Å²) in [6.45, 7) is 7.66. The minimum atomic E-state index is 1.06. The maximum Gasteiger partial charge on any atom is 0.0355 e. The Kier molecular flexibility index (Phi) is 5.40. The van der Waals surface area contributed by atoms with Gasteiger partial charge in [0.1, 0.15) is 0 Å². The van der Waals surface area contributed by atoms with Gasteiger partial charge in [-0.25, -0.2) is 0 Å². The Hall–Kier alpha value is -0.243. The quantitative estimate of drug-likeness (QED) is 0.600. The summed E-state index contributed by atoms with van der Waals surface area (Å²) in [7, 11) is 1.21. The smallest absolute Gasteiger partial charge is 0.0355 e. The van der Waals surface area contributed by atoms with Crippen molar-refractivity contribution < 1.29 is 0 Å². The SMILES string of the molecule is CCNC(CC)=C([SiH3])CC. The Labute approximate surface area is 67.3 Å². The first-order chi connectivity index (χ1) is 4.76. The van der Waals surface area contributed by atoms with E-state index in [-0.39, 0.29) is 0 Å². The van der Waals surface area contributed by atoms with Gasteiger partial charge in [0.25, 0.3) is 0 Å². The van der Waals surface area contributed by atoms with E-state index in [1.807, 2.05) is 0 Å². The van der Waals surface area contributed by atoms with Crippen LogP contribution in [0.1, 0.15) is 33.6 Å². The molecule has 0 aromatic heterocycles. The van der Waals surface area contributed by atoms with Crippen LogP contribution in [0.2, 0.25) is 0 Å². The minimum absolute atomic E-state index is 1.06. The molecule has 10 heavy (non-hydrogen) atoms. The Bertz CT molecular complexity index is 118. The maximum atomic E-state index is 3.40. The van der Waals surface area contributed by atoms with E-state index in [2.05, 4.69) is 26.1 Å². The molecule has 0 rings (SSSR count). The lowest BCUT2D eigenvalue weighted by atomic mass is 10.3. The normalized spacial score (nSPS) is 13.1. The molecule has 0 aliphatic rings. The van der Waals surface area contributed by atoms with Crippen LogP contribution in [0.25, 0.3) is 0 Å². The van der Waals surface area contributed by atoms with E-state index in [0.29, 0.717) is 0 Å². The van der Waals surface area contributed by atoms with Crippen LogP contribution < -0.4 is 5.32 Å². The Balaban J connectivity index is 4.00. The summed E-state index contributed by atoms with van der Waals surface area (Å²) >= 11 is 0. The molecule has 0 saturated carbocycles. The Morgan fingerprint density at radius 1 is 1.20 bits per heavy atom. The predicted molar refractivity (Wildman–Crippen MR) is 51.2 cm³/mol. The molecule has 0 atom stereocenters. The molecule has 0 spiro atoms. The van der Waals surface area contributed by atoms with Gasteiger partial charge >= 0.3 is 0 Å². The zero-order chi connectivity index (χ0) is 7.98. The van der Waals surface area contributed by atoms with Gasteiger partial charge in [-0.2, -0.15) is 0 Å². The number of hydrogen-bond donors (Lipinski definition) is 1. The van der Waals surface area contributed by atoms with E-state index in [9.17, 15) is 0 Å². The highest BCUT2D eigenvalue weighted by molar-refractivity contribution is 6.21. The summed E-state index contributed by atoms with van der Waals surface area (Å²) < 4.78 is 0. The summed E-state index contributed by atoms with van der Waals surface area (Å²) in [5, 5.41) is 5.03. The van der Waals surface area contributed by atoms with E-state index in [1.54, 1.807) is 5.20 Å². The highest BCUT2D eigenvalue weighted by atomic mass is 28.1. The maximum absolute atomic E-state index is 3.40. The highest BCUT2D eigenvalue weighted by Gasteiger charge is 1.94. The van der Waals surface area contributed by atoms with E-state index < -0.39 is 0 Å². The van der Waals surface area contributed by atoms with Crippen molar-refractivity contribution in [1.82, 2.24) is 5.32 Å². The highest BCUT2D eigenvalue weighted by Crippen LogP contribution is 2.04. The summed E-state index contributed by atoms with van der Waals surface area (Å²) in [5.74, 6) is 0. The molecule has 1 N–H and O–H groups in total. The van der Waals surface area contributed by atoms with E-state index >= 15 is 0 Å². The fourth-order valence-corrected chi connectivity index (χ4v) is 1.53. The van der Waals surface area contributed by atoms with Gasteiger partial charge < -0.3 is 5.32 Å². The zero-order valence-electron chi connectivity index (χ0n) is 7.62. The van der Waals surface area contributed by atoms with Crippen LogP contribution in [0.15, 0.2) is 10.9 Å². The summed E-state index contributed by atoms with van der Waals surface area (Å²) in [6.07, 6.45) is 2.39. The van der Waals surface area contributed by atoms with Crippen LogP contribution in [0, 0.1) is 0 Å². The molecule has 0 heterocycles. The first-order valence-corrected chi connectivity index (χ1v) is 5.18. The summed E-state index contributed by atoms with van der Waals surface area (Å²) in [4.78, 5) is 0. The second kappa shape index (κ2) is 5.53. The monoisotopic (exact) mass is 157 g/mol. The van der Waals surface area contributed by atoms with Crippen molar-refractivity contribution >= 4 is 10.2 Å². The molecule has 0 aromatic carbocycles. The van der Waals surface area contributed by atoms with Crippen molar-refractivity contribution in [2.24, 2.45) is 0 Å². The molecule has 0 fully saturated rings. The third kappa shape index (κ3) is 3.06. The van der Waals surface area contributed by atoms with Crippen LogP contribution in [-0.4, -0.2) is 16.8 Å². The molecule has 0 radical (unpaired) electrons. The van der Waals surface area contributed by atoms with E-state index in [4.69, 9.17) is 0 Å². The van der Waals surface area contributed by atoms with E-state index in [1.165, 1.54) is 28.8 Å². The Morgan fingerprint density at radius 3 is 2.10 bits per heavy atom. The van der Waals surface area contributed by atoms with Gasteiger partial charge in [0.05, 0.1) is 0 Å². The molecule has 0 unspecified atom stereocenters. The van der Waals surface area contributed by atoms with Crippen molar-refractivity contribution in [1.29, 1.82) is 0 Å². The second-order valence-corrected chi connectivity index (χ2v) is 3.70.